The Morgan fingerprint density at radius 3 is 2.78 bits per heavy atom. The van der Waals surface area contributed by atoms with Crippen LogP contribution >= 0.6 is 0 Å². The van der Waals surface area contributed by atoms with Crippen LogP contribution in [0.15, 0.2) is 36.5 Å². The summed E-state index contributed by atoms with van der Waals surface area (Å²) in [6.07, 6.45) is 1.40. The standard InChI is InChI=1S/C13H12FNO3/c1-9-2-3-10(7-15(9)17)8-18-13-5-11(14)4-12(16)6-13/h2-7,16H,8H2,1H3. The smallest absolute Gasteiger partial charge is 0.189 e. The lowest BCUT2D eigenvalue weighted by Gasteiger charge is -2.07. The number of aromatic nitrogens is 1. The van der Waals surface area contributed by atoms with Crippen molar-refractivity contribution in [1.82, 2.24) is 0 Å². The lowest BCUT2D eigenvalue weighted by Crippen LogP contribution is -2.30. The zero-order valence-electron chi connectivity index (χ0n) is 9.76. The molecule has 5 heteroatoms. The molecule has 0 saturated carbocycles. The summed E-state index contributed by atoms with van der Waals surface area (Å²) in [4.78, 5) is 0. The zero-order valence-corrected chi connectivity index (χ0v) is 9.76. The number of hydrogen-bond acceptors (Lipinski definition) is 3. The van der Waals surface area contributed by atoms with E-state index in [1.165, 1.54) is 18.3 Å². The maximum absolute atomic E-state index is 13.0. The van der Waals surface area contributed by atoms with Gasteiger partial charge in [0.2, 0.25) is 0 Å². The average molecular weight is 249 g/mol. The Morgan fingerprint density at radius 2 is 2.11 bits per heavy atom. The zero-order chi connectivity index (χ0) is 13.1. The molecule has 0 radical (unpaired) electrons. The average Bonchev–Trinajstić information content (AvgIpc) is 2.29. The minimum absolute atomic E-state index is 0.130. The van der Waals surface area contributed by atoms with E-state index >= 15 is 0 Å². The second kappa shape index (κ2) is 4.91. The molecule has 1 N–H and O–H groups in total. The van der Waals surface area contributed by atoms with E-state index in [0.29, 0.717) is 11.3 Å². The molecule has 0 atom stereocenters. The molecule has 0 amide bonds. The molecular weight excluding hydrogens is 237 g/mol. The van der Waals surface area contributed by atoms with E-state index in [2.05, 4.69) is 0 Å². The number of halogens is 1. The number of phenols is 1. The monoisotopic (exact) mass is 249 g/mol. The summed E-state index contributed by atoms with van der Waals surface area (Å²) in [5.74, 6) is -0.564. The number of rotatable bonds is 3. The van der Waals surface area contributed by atoms with Crippen LogP contribution < -0.4 is 9.47 Å². The summed E-state index contributed by atoms with van der Waals surface area (Å²) in [5, 5.41) is 20.5. The van der Waals surface area contributed by atoms with Gasteiger partial charge < -0.3 is 15.1 Å². The van der Waals surface area contributed by atoms with Gasteiger partial charge in [0.1, 0.15) is 23.9 Å². The predicted octanol–water partition coefficient (Wildman–Crippen LogP) is 2.05. The topological polar surface area (TPSA) is 56.4 Å². The van der Waals surface area contributed by atoms with Crippen LogP contribution in [0.5, 0.6) is 11.5 Å². The van der Waals surface area contributed by atoms with Crippen molar-refractivity contribution in [3.05, 3.63) is 58.8 Å². The molecule has 94 valence electrons. The second-order valence-corrected chi connectivity index (χ2v) is 3.94. The molecule has 1 aromatic carbocycles. The molecule has 0 fully saturated rings. The van der Waals surface area contributed by atoms with E-state index in [1.807, 2.05) is 0 Å². The van der Waals surface area contributed by atoms with Gasteiger partial charge in [0.25, 0.3) is 0 Å². The Hall–Kier alpha value is -2.30. The number of benzene rings is 1. The Morgan fingerprint density at radius 1 is 1.33 bits per heavy atom. The van der Waals surface area contributed by atoms with E-state index in [1.54, 1.807) is 19.1 Å². The molecule has 18 heavy (non-hydrogen) atoms. The van der Waals surface area contributed by atoms with E-state index < -0.39 is 5.82 Å². The van der Waals surface area contributed by atoms with Gasteiger partial charge >= 0.3 is 0 Å². The number of nitrogens with zero attached hydrogens (tertiary/aromatic N) is 1. The van der Waals surface area contributed by atoms with Crippen LogP contribution in [0.25, 0.3) is 0 Å². The third-order valence-electron chi connectivity index (χ3n) is 2.43. The molecule has 0 aliphatic heterocycles. The maximum atomic E-state index is 13.0. The lowest BCUT2D eigenvalue weighted by atomic mass is 10.2. The summed E-state index contributed by atoms with van der Waals surface area (Å²) in [6, 6.07) is 6.89. The molecule has 2 aromatic rings. The highest BCUT2D eigenvalue weighted by Gasteiger charge is 2.04. The van der Waals surface area contributed by atoms with E-state index in [0.717, 1.165) is 10.8 Å². The fourth-order valence-electron chi connectivity index (χ4n) is 1.48. The van der Waals surface area contributed by atoms with Crippen molar-refractivity contribution in [1.29, 1.82) is 0 Å². The minimum atomic E-state index is -0.576. The number of aryl methyl sites for hydroxylation is 1. The van der Waals surface area contributed by atoms with E-state index in [-0.39, 0.29) is 18.1 Å². The first-order chi connectivity index (χ1) is 8.54. The van der Waals surface area contributed by atoms with Crippen molar-refractivity contribution in [3.8, 4) is 11.5 Å². The predicted molar refractivity (Wildman–Crippen MR) is 62.5 cm³/mol. The Balaban J connectivity index is 2.08. The van der Waals surface area contributed by atoms with Crippen molar-refractivity contribution < 1.29 is 19.0 Å². The van der Waals surface area contributed by atoms with Gasteiger partial charge in [-0.2, -0.15) is 4.73 Å². The van der Waals surface area contributed by atoms with Gasteiger partial charge in [-0.3, -0.25) is 0 Å². The van der Waals surface area contributed by atoms with E-state index in [4.69, 9.17) is 4.74 Å². The highest BCUT2D eigenvalue weighted by molar-refractivity contribution is 5.33. The third kappa shape index (κ3) is 2.88. The maximum Gasteiger partial charge on any atom is 0.189 e. The van der Waals surface area contributed by atoms with Crippen LogP contribution in [-0.4, -0.2) is 5.11 Å². The summed E-state index contributed by atoms with van der Waals surface area (Å²) in [5.41, 5.74) is 1.25. The molecule has 1 aromatic heterocycles. The van der Waals surface area contributed by atoms with Crippen LogP contribution in [0.3, 0.4) is 0 Å². The molecule has 0 unspecified atom stereocenters. The Labute approximate surface area is 103 Å². The largest absolute Gasteiger partial charge is 0.618 e. The molecule has 0 saturated heterocycles. The quantitative estimate of drug-likeness (QED) is 0.669. The minimum Gasteiger partial charge on any atom is -0.618 e. The second-order valence-electron chi connectivity index (χ2n) is 3.94. The summed E-state index contributed by atoms with van der Waals surface area (Å²) < 4.78 is 19.0. The van der Waals surface area contributed by atoms with Gasteiger partial charge in [-0.1, -0.05) is 0 Å². The summed E-state index contributed by atoms with van der Waals surface area (Å²) in [7, 11) is 0. The van der Waals surface area contributed by atoms with Crippen LogP contribution in [0.1, 0.15) is 11.3 Å². The molecule has 0 spiro atoms. The van der Waals surface area contributed by atoms with Crippen molar-refractivity contribution in [2.75, 3.05) is 0 Å². The molecular formula is C13H12FNO3. The van der Waals surface area contributed by atoms with Crippen LogP contribution in [-0.2, 0) is 6.61 Å². The van der Waals surface area contributed by atoms with Crippen molar-refractivity contribution in [2.45, 2.75) is 13.5 Å². The molecule has 2 rings (SSSR count). The fourth-order valence-corrected chi connectivity index (χ4v) is 1.48. The third-order valence-corrected chi connectivity index (χ3v) is 2.43. The summed E-state index contributed by atoms with van der Waals surface area (Å²) in [6.45, 7) is 1.83. The molecule has 0 aliphatic carbocycles. The Bertz CT molecular complexity index is 552. The number of ether oxygens (including phenoxy) is 1. The van der Waals surface area contributed by atoms with Gasteiger partial charge in [-0.15, -0.1) is 0 Å². The number of hydrogen-bond donors (Lipinski definition) is 1. The van der Waals surface area contributed by atoms with Gasteiger partial charge in [-0.05, 0) is 6.07 Å². The molecule has 4 nitrogen and oxygen atoms in total. The first kappa shape index (κ1) is 12.2. The van der Waals surface area contributed by atoms with Gasteiger partial charge in [-0.25, -0.2) is 4.39 Å². The van der Waals surface area contributed by atoms with Crippen molar-refractivity contribution in [3.63, 3.8) is 0 Å². The number of pyridine rings is 1. The van der Waals surface area contributed by atoms with Gasteiger partial charge in [0, 0.05) is 31.2 Å². The fraction of sp³-hybridized carbons (Fsp3) is 0.154. The van der Waals surface area contributed by atoms with E-state index in [9.17, 15) is 14.7 Å². The van der Waals surface area contributed by atoms with Crippen molar-refractivity contribution in [2.24, 2.45) is 0 Å². The highest BCUT2D eigenvalue weighted by Crippen LogP contribution is 2.21. The SMILES string of the molecule is Cc1ccc(COc2cc(O)cc(F)c2)c[n+]1[O-]. The van der Waals surface area contributed by atoms with Crippen LogP contribution in [0.4, 0.5) is 4.39 Å². The first-order valence-corrected chi connectivity index (χ1v) is 5.35. The first-order valence-electron chi connectivity index (χ1n) is 5.35. The van der Waals surface area contributed by atoms with Gasteiger partial charge in [0.05, 0.1) is 5.56 Å². The molecule has 1 heterocycles. The van der Waals surface area contributed by atoms with Crippen molar-refractivity contribution >= 4 is 0 Å². The normalized spacial score (nSPS) is 10.3. The summed E-state index contributed by atoms with van der Waals surface area (Å²) >= 11 is 0. The molecule has 0 aliphatic rings. The Kier molecular flexibility index (Phi) is 3.32. The van der Waals surface area contributed by atoms with Crippen LogP contribution in [0.2, 0.25) is 0 Å². The lowest BCUT2D eigenvalue weighted by molar-refractivity contribution is -0.612. The molecule has 0 bridgehead atoms. The highest BCUT2D eigenvalue weighted by atomic mass is 19.1. The van der Waals surface area contributed by atoms with Crippen LogP contribution in [0, 0.1) is 17.9 Å². The number of aromatic hydroxyl groups is 1. The number of phenolic OH excluding ortho intramolecular Hbond substituents is 1. The van der Waals surface area contributed by atoms with Gasteiger partial charge in [0.15, 0.2) is 11.9 Å².